The fourth-order valence-corrected chi connectivity index (χ4v) is 3.07. The molecule has 0 spiro atoms. The molecule has 102 valence electrons. The molecule has 4 nitrogen and oxygen atoms in total. The molecule has 2 aliphatic rings. The third-order valence-electron chi connectivity index (χ3n) is 4.30. The Morgan fingerprint density at radius 2 is 2.11 bits per heavy atom. The molecule has 0 aromatic carbocycles. The van der Waals surface area contributed by atoms with Crippen molar-refractivity contribution in [2.75, 3.05) is 6.54 Å². The van der Waals surface area contributed by atoms with E-state index in [-0.39, 0.29) is 0 Å². The van der Waals surface area contributed by atoms with Crippen molar-refractivity contribution in [1.82, 2.24) is 14.7 Å². The second-order valence-electron chi connectivity index (χ2n) is 5.84. The largest absolute Gasteiger partial charge is 0.293 e. The maximum atomic E-state index is 8.73. The molecule has 2 aliphatic carbocycles. The van der Waals surface area contributed by atoms with Crippen LogP contribution >= 0.6 is 0 Å². The van der Waals surface area contributed by atoms with Crippen molar-refractivity contribution in [2.24, 2.45) is 0 Å². The number of aromatic nitrogens is 2. The molecule has 0 saturated heterocycles. The lowest BCUT2D eigenvalue weighted by Crippen LogP contribution is -2.26. The van der Waals surface area contributed by atoms with Gasteiger partial charge in [-0.3, -0.25) is 9.58 Å². The van der Waals surface area contributed by atoms with E-state index in [0.29, 0.717) is 18.5 Å². The van der Waals surface area contributed by atoms with Crippen LogP contribution in [0, 0.1) is 11.3 Å². The van der Waals surface area contributed by atoms with Gasteiger partial charge in [0.2, 0.25) is 0 Å². The van der Waals surface area contributed by atoms with Gasteiger partial charge < -0.3 is 0 Å². The molecular formula is C15H22N4. The van der Waals surface area contributed by atoms with Crippen LogP contribution in [0.25, 0.3) is 0 Å². The molecule has 2 saturated carbocycles. The van der Waals surface area contributed by atoms with Gasteiger partial charge in [0.15, 0.2) is 0 Å². The Morgan fingerprint density at radius 3 is 2.79 bits per heavy atom. The smallest absolute Gasteiger partial charge is 0.0765 e. The third-order valence-corrected chi connectivity index (χ3v) is 4.30. The molecule has 2 fully saturated rings. The molecule has 3 rings (SSSR count). The Hall–Kier alpha value is -1.34. The first-order valence-corrected chi connectivity index (χ1v) is 7.52. The van der Waals surface area contributed by atoms with E-state index in [1.807, 2.05) is 0 Å². The summed E-state index contributed by atoms with van der Waals surface area (Å²) in [5, 5.41) is 13.5. The van der Waals surface area contributed by atoms with E-state index < -0.39 is 0 Å². The summed E-state index contributed by atoms with van der Waals surface area (Å²) in [4.78, 5) is 2.42. The van der Waals surface area contributed by atoms with Crippen LogP contribution in [0.15, 0.2) is 12.3 Å². The van der Waals surface area contributed by atoms with E-state index in [0.717, 1.165) is 18.8 Å². The normalized spacial score (nSPS) is 20.0. The Balaban J connectivity index is 1.60. The molecule has 19 heavy (non-hydrogen) atoms. The minimum atomic E-state index is 0.625. The first kappa shape index (κ1) is 12.7. The van der Waals surface area contributed by atoms with Crippen molar-refractivity contribution >= 4 is 0 Å². The molecule has 0 unspecified atom stereocenters. The van der Waals surface area contributed by atoms with Crippen LogP contribution in [-0.4, -0.2) is 27.3 Å². The van der Waals surface area contributed by atoms with E-state index in [4.69, 9.17) is 10.4 Å². The molecule has 0 atom stereocenters. The second kappa shape index (κ2) is 5.75. The zero-order chi connectivity index (χ0) is 13.1. The van der Waals surface area contributed by atoms with Crippen molar-refractivity contribution < 1.29 is 0 Å². The fourth-order valence-electron chi connectivity index (χ4n) is 3.07. The summed E-state index contributed by atoms with van der Waals surface area (Å²) in [5.41, 5.74) is 1.16. The van der Waals surface area contributed by atoms with Crippen LogP contribution in [0.2, 0.25) is 0 Å². The molecule has 1 heterocycles. The van der Waals surface area contributed by atoms with E-state index in [1.165, 1.54) is 38.5 Å². The molecule has 0 amide bonds. The summed E-state index contributed by atoms with van der Waals surface area (Å²) in [6.45, 7) is 1.80. The van der Waals surface area contributed by atoms with E-state index in [9.17, 15) is 0 Å². The van der Waals surface area contributed by atoms with Gasteiger partial charge >= 0.3 is 0 Å². The van der Waals surface area contributed by atoms with E-state index >= 15 is 0 Å². The van der Waals surface area contributed by atoms with Crippen molar-refractivity contribution in [3.8, 4) is 6.07 Å². The Bertz CT molecular complexity index is 449. The van der Waals surface area contributed by atoms with Crippen LogP contribution in [-0.2, 0) is 6.54 Å². The quantitative estimate of drug-likeness (QED) is 0.788. The van der Waals surface area contributed by atoms with Gasteiger partial charge in [0.1, 0.15) is 0 Å². The molecular weight excluding hydrogens is 236 g/mol. The predicted octanol–water partition coefficient (Wildman–Crippen LogP) is 2.88. The van der Waals surface area contributed by atoms with Gasteiger partial charge in [-0.15, -0.1) is 0 Å². The summed E-state index contributed by atoms with van der Waals surface area (Å²) in [6, 6.07) is 5.73. The molecule has 0 bridgehead atoms. The second-order valence-corrected chi connectivity index (χ2v) is 5.84. The molecule has 1 aromatic heterocycles. The van der Waals surface area contributed by atoms with E-state index in [1.54, 1.807) is 0 Å². The minimum absolute atomic E-state index is 0.625. The van der Waals surface area contributed by atoms with E-state index in [2.05, 4.69) is 27.9 Å². The number of hydrogen-bond acceptors (Lipinski definition) is 3. The van der Waals surface area contributed by atoms with Crippen molar-refractivity contribution in [1.29, 1.82) is 5.26 Å². The number of nitriles is 1. The first-order valence-electron chi connectivity index (χ1n) is 7.52. The standard InChI is InChI=1S/C15H22N4/c16-9-3-10-18(14-6-7-14)12-13-8-11-19(17-13)15-4-1-2-5-15/h8,11,14-15H,1-7,10,12H2. The van der Waals surface area contributed by atoms with Crippen molar-refractivity contribution in [2.45, 2.75) is 63.6 Å². The highest BCUT2D eigenvalue weighted by atomic mass is 15.3. The lowest BCUT2D eigenvalue weighted by molar-refractivity contribution is 0.256. The Morgan fingerprint density at radius 1 is 1.32 bits per heavy atom. The van der Waals surface area contributed by atoms with Gasteiger partial charge in [-0.25, -0.2) is 0 Å². The lowest BCUT2D eigenvalue weighted by Gasteiger charge is -2.19. The van der Waals surface area contributed by atoms with Crippen molar-refractivity contribution in [3.63, 3.8) is 0 Å². The summed E-state index contributed by atoms with van der Waals surface area (Å²) in [5.74, 6) is 0. The van der Waals surface area contributed by atoms with Gasteiger partial charge in [0.25, 0.3) is 0 Å². The van der Waals surface area contributed by atoms with Crippen LogP contribution < -0.4 is 0 Å². The number of rotatable bonds is 6. The SMILES string of the molecule is N#CCCN(Cc1ccn(C2CCCC2)n1)C1CC1. The predicted molar refractivity (Wildman–Crippen MR) is 73.4 cm³/mol. The fraction of sp³-hybridized carbons (Fsp3) is 0.733. The average Bonchev–Trinajstić information content (AvgIpc) is 2.93. The maximum Gasteiger partial charge on any atom is 0.0765 e. The molecule has 0 N–H and O–H groups in total. The summed E-state index contributed by atoms with van der Waals surface area (Å²) in [6.07, 6.45) is 10.6. The summed E-state index contributed by atoms with van der Waals surface area (Å²) >= 11 is 0. The Labute approximate surface area is 115 Å². The highest BCUT2D eigenvalue weighted by Crippen LogP contribution is 2.30. The zero-order valence-electron chi connectivity index (χ0n) is 11.5. The first-order chi connectivity index (χ1) is 9.36. The van der Waals surface area contributed by atoms with Gasteiger partial charge in [0.05, 0.1) is 17.8 Å². The lowest BCUT2D eigenvalue weighted by atomic mass is 10.3. The average molecular weight is 258 g/mol. The van der Waals surface area contributed by atoms with Gasteiger partial charge in [-0.2, -0.15) is 10.4 Å². The van der Waals surface area contributed by atoms with Crippen LogP contribution in [0.5, 0.6) is 0 Å². The number of hydrogen-bond donors (Lipinski definition) is 0. The maximum absolute atomic E-state index is 8.73. The number of nitrogens with zero attached hydrogens (tertiary/aromatic N) is 4. The summed E-state index contributed by atoms with van der Waals surface area (Å²) < 4.78 is 2.16. The molecule has 1 aromatic rings. The van der Waals surface area contributed by atoms with Crippen LogP contribution in [0.3, 0.4) is 0 Å². The topological polar surface area (TPSA) is 44.9 Å². The third kappa shape index (κ3) is 3.16. The van der Waals surface area contributed by atoms with Crippen LogP contribution in [0.4, 0.5) is 0 Å². The van der Waals surface area contributed by atoms with Gasteiger partial charge in [-0.05, 0) is 31.7 Å². The molecule has 0 aliphatic heterocycles. The Kier molecular flexibility index (Phi) is 3.84. The highest BCUT2D eigenvalue weighted by Gasteiger charge is 2.29. The van der Waals surface area contributed by atoms with Gasteiger partial charge in [-0.1, -0.05) is 12.8 Å². The van der Waals surface area contributed by atoms with Crippen molar-refractivity contribution in [3.05, 3.63) is 18.0 Å². The van der Waals surface area contributed by atoms with Crippen LogP contribution in [0.1, 0.15) is 56.7 Å². The van der Waals surface area contributed by atoms with Gasteiger partial charge in [0, 0.05) is 31.7 Å². The zero-order valence-corrected chi connectivity index (χ0v) is 11.5. The monoisotopic (exact) mass is 258 g/mol. The highest BCUT2D eigenvalue weighted by molar-refractivity contribution is 5.02. The minimum Gasteiger partial charge on any atom is -0.293 e. The molecule has 0 radical (unpaired) electrons. The molecule has 4 heteroatoms. The summed E-state index contributed by atoms with van der Waals surface area (Å²) in [7, 11) is 0.